The van der Waals surface area contributed by atoms with Gasteiger partial charge in [-0.25, -0.2) is 0 Å². The molecule has 0 spiro atoms. The number of aliphatic hydroxyl groups excluding tert-OH is 1. The van der Waals surface area contributed by atoms with E-state index in [2.05, 4.69) is 5.32 Å². The molecule has 1 aliphatic carbocycles. The number of amides is 1. The Morgan fingerprint density at radius 1 is 1.43 bits per heavy atom. The molecule has 2 aliphatic rings. The van der Waals surface area contributed by atoms with Crippen molar-refractivity contribution in [1.82, 2.24) is 10.2 Å². The highest BCUT2D eigenvalue weighted by molar-refractivity contribution is 5.80. The van der Waals surface area contributed by atoms with Gasteiger partial charge in [0.25, 0.3) is 0 Å². The van der Waals surface area contributed by atoms with Gasteiger partial charge in [-0.05, 0) is 25.8 Å². The lowest BCUT2D eigenvalue weighted by molar-refractivity contribution is -0.136. The Labute approximate surface area is 84.3 Å². The van der Waals surface area contributed by atoms with Crippen molar-refractivity contribution in [3.63, 3.8) is 0 Å². The summed E-state index contributed by atoms with van der Waals surface area (Å²) in [6.07, 6.45) is 3.19. The summed E-state index contributed by atoms with van der Waals surface area (Å²) < 4.78 is 0. The van der Waals surface area contributed by atoms with E-state index in [-0.39, 0.29) is 18.4 Å². The van der Waals surface area contributed by atoms with Crippen LogP contribution < -0.4 is 5.32 Å². The van der Waals surface area contributed by atoms with Crippen LogP contribution in [0.3, 0.4) is 0 Å². The second kappa shape index (κ2) is 4.28. The molecule has 2 N–H and O–H groups in total. The standard InChI is InChI=1S/C10H18N2O2/c13-6-5-12(9-1-2-9)10(14)8-3-4-11-7-8/h8-9,11,13H,1-7H2. The van der Waals surface area contributed by atoms with Gasteiger partial charge in [-0.2, -0.15) is 0 Å². The second-order valence-electron chi connectivity index (χ2n) is 4.18. The summed E-state index contributed by atoms with van der Waals surface area (Å²) in [4.78, 5) is 13.9. The first kappa shape index (κ1) is 9.93. The maximum Gasteiger partial charge on any atom is 0.227 e. The van der Waals surface area contributed by atoms with Crippen molar-refractivity contribution >= 4 is 5.91 Å². The fraction of sp³-hybridized carbons (Fsp3) is 0.900. The minimum Gasteiger partial charge on any atom is -0.395 e. The molecule has 1 atom stereocenters. The van der Waals surface area contributed by atoms with Crippen molar-refractivity contribution in [3.05, 3.63) is 0 Å². The van der Waals surface area contributed by atoms with E-state index in [0.29, 0.717) is 12.6 Å². The summed E-state index contributed by atoms with van der Waals surface area (Å²) in [6, 6.07) is 0.426. The molecule has 0 radical (unpaired) electrons. The minimum absolute atomic E-state index is 0.0857. The van der Waals surface area contributed by atoms with Gasteiger partial charge in [0, 0.05) is 19.1 Å². The molecule has 0 aromatic carbocycles. The van der Waals surface area contributed by atoms with Crippen LogP contribution in [0.1, 0.15) is 19.3 Å². The fourth-order valence-corrected chi connectivity index (χ4v) is 2.07. The van der Waals surface area contributed by atoms with Crippen molar-refractivity contribution in [2.45, 2.75) is 25.3 Å². The zero-order chi connectivity index (χ0) is 9.97. The zero-order valence-corrected chi connectivity index (χ0v) is 8.41. The molecule has 0 aromatic rings. The van der Waals surface area contributed by atoms with Crippen LogP contribution in [0, 0.1) is 5.92 Å². The average molecular weight is 198 g/mol. The van der Waals surface area contributed by atoms with Gasteiger partial charge < -0.3 is 15.3 Å². The molecule has 1 amide bonds. The van der Waals surface area contributed by atoms with Gasteiger partial charge in [-0.1, -0.05) is 0 Å². The molecular formula is C10H18N2O2. The number of aliphatic hydroxyl groups is 1. The highest BCUT2D eigenvalue weighted by Gasteiger charge is 2.36. The summed E-state index contributed by atoms with van der Waals surface area (Å²) >= 11 is 0. The quantitative estimate of drug-likeness (QED) is 0.645. The first-order valence-electron chi connectivity index (χ1n) is 5.45. The van der Waals surface area contributed by atoms with Gasteiger partial charge in [0.15, 0.2) is 0 Å². The number of rotatable bonds is 4. The topological polar surface area (TPSA) is 52.6 Å². The number of nitrogens with zero attached hydrogens (tertiary/aromatic N) is 1. The lowest BCUT2D eigenvalue weighted by Crippen LogP contribution is -2.40. The maximum atomic E-state index is 12.0. The Bertz CT molecular complexity index is 210. The van der Waals surface area contributed by atoms with Gasteiger partial charge in [0.2, 0.25) is 5.91 Å². The van der Waals surface area contributed by atoms with Crippen molar-refractivity contribution in [3.8, 4) is 0 Å². The molecule has 2 fully saturated rings. The Kier molecular flexibility index (Phi) is 3.03. The summed E-state index contributed by atoms with van der Waals surface area (Å²) in [5.74, 6) is 0.397. The molecule has 4 nitrogen and oxygen atoms in total. The van der Waals surface area contributed by atoms with E-state index < -0.39 is 0 Å². The first-order valence-corrected chi connectivity index (χ1v) is 5.45. The molecule has 14 heavy (non-hydrogen) atoms. The molecule has 0 aromatic heterocycles. The molecule has 80 valence electrons. The number of hydrogen-bond donors (Lipinski definition) is 2. The van der Waals surface area contributed by atoms with E-state index in [4.69, 9.17) is 5.11 Å². The minimum atomic E-state index is 0.0857. The highest BCUT2D eigenvalue weighted by Crippen LogP contribution is 2.28. The monoisotopic (exact) mass is 198 g/mol. The molecule has 1 saturated heterocycles. The molecule has 4 heteroatoms. The molecule has 2 rings (SSSR count). The lowest BCUT2D eigenvalue weighted by atomic mass is 10.1. The molecular weight excluding hydrogens is 180 g/mol. The third-order valence-corrected chi connectivity index (χ3v) is 3.02. The lowest BCUT2D eigenvalue weighted by Gasteiger charge is -2.24. The van der Waals surface area contributed by atoms with Crippen LogP contribution in [-0.2, 0) is 4.79 Å². The summed E-state index contributed by atoms with van der Waals surface area (Å²) in [6.45, 7) is 2.36. The summed E-state index contributed by atoms with van der Waals surface area (Å²) in [7, 11) is 0. The zero-order valence-electron chi connectivity index (χ0n) is 8.41. The third kappa shape index (κ3) is 2.07. The van der Waals surface area contributed by atoms with Crippen LogP contribution in [0.5, 0.6) is 0 Å². The van der Waals surface area contributed by atoms with Crippen LogP contribution in [0.4, 0.5) is 0 Å². The molecule has 1 heterocycles. The largest absolute Gasteiger partial charge is 0.395 e. The Morgan fingerprint density at radius 2 is 2.21 bits per heavy atom. The van der Waals surface area contributed by atoms with Crippen molar-refractivity contribution in [2.24, 2.45) is 5.92 Å². The number of nitrogens with one attached hydrogen (secondary N) is 1. The normalized spacial score (nSPS) is 26.5. The number of carbonyl (C=O) groups is 1. The molecule has 1 unspecified atom stereocenters. The summed E-state index contributed by atoms with van der Waals surface area (Å²) in [5, 5.41) is 12.1. The van der Waals surface area contributed by atoms with Gasteiger partial charge in [0.1, 0.15) is 0 Å². The van der Waals surface area contributed by atoms with Crippen LogP contribution in [0.15, 0.2) is 0 Å². The SMILES string of the molecule is O=C(C1CCNC1)N(CCO)C1CC1. The van der Waals surface area contributed by atoms with E-state index >= 15 is 0 Å². The molecule has 0 bridgehead atoms. The molecule has 1 saturated carbocycles. The van der Waals surface area contributed by atoms with E-state index in [1.54, 1.807) is 0 Å². The van der Waals surface area contributed by atoms with Gasteiger partial charge >= 0.3 is 0 Å². The van der Waals surface area contributed by atoms with E-state index in [0.717, 1.165) is 32.4 Å². The average Bonchev–Trinajstić information content (AvgIpc) is 2.88. The van der Waals surface area contributed by atoms with Gasteiger partial charge in [-0.15, -0.1) is 0 Å². The van der Waals surface area contributed by atoms with Crippen LogP contribution in [0.25, 0.3) is 0 Å². The van der Waals surface area contributed by atoms with Crippen molar-refractivity contribution in [2.75, 3.05) is 26.2 Å². The number of carbonyl (C=O) groups excluding carboxylic acids is 1. The van der Waals surface area contributed by atoms with Crippen LogP contribution in [-0.4, -0.2) is 48.2 Å². The van der Waals surface area contributed by atoms with E-state index in [1.807, 2.05) is 4.90 Å². The highest BCUT2D eigenvalue weighted by atomic mass is 16.3. The van der Waals surface area contributed by atoms with E-state index in [9.17, 15) is 4.79 Å². The summed E-state index contributed by atoms with van der Waals surface area (Å²) in [5.41, 5.74) is 0. The second-order valence-corrected chi connectivity index (χ2v) is 4.18. The van der Waals surface area contributed by atoms with Gasteiger partial charge in [0.05, 0.1) is 12.5 Å². The first-order chi connectivity index (χ1) is 6.83. The fourth-order valence-electron chi connectivity index (χ4n) is 2.07. The molecule has 1 aliphatic heterocycles. The predicted octanol–water partition coefficient (Wildman–Crippen LogP) is -0.421. The predicted molar refractivity (Wildman–Crippen MR) is 52.8 cm³/mol. The Hall–Kier alpha value is -0.610. The van der Waals surface area contributed by atoms with Gasteiger partial charge in [-0.3, -0.25) is 4.79 Å². The van der Waals surface area contributed by atoms with Crippen molar-refractivity contribution < 1.29 is 9.90 Å². The van der Waals surface area contributed by atoms with Crippen LogP contribution in [0.2, 0.25) is 0 Å². The van der Waals surface area contributed by atoms with E-state index in [1.165, 1.54) is 0 Å². The Morgan fingerprint density at radius 3 is 2.71 bits per heavy atom. The Balaban J connectivity index is 1.91. The number of hydrogen-bond acceptors (Lipinski definition) is 3. The maximum absolute atomic E-state index is 12.0. The third-order valence-electron chi connectivity index (χ3n) is 3.02. The smallest absolute Gasteiger partial charge is 0.227 e. The van der Waals surface area contributed by atoms with Crippen LogP contribution >= 0.6 is 0 Å². The van der Waals surface area contributed by atoms with Crippen molar-refractivity contribution in [1.29, 1.82) is 0 Å².